The molecule has 2 fully saturated rings. The second-order valence-corrected chi connectivity index (χ2v) is 17.0. The number of carboxylic acids is 1. The highest BCUT2D eigenvalue weighted by Crippen LogP contribution is 2.40. The first kappa shape index (κ1) is 41.7. The molecule has 0 amide bonds. The first-order valence-corrected chi connectivity index (χ1v) is 21.8. The lowest BCUT2D eigenvalue weighted by atomic mass is 10.1. The van der Waals surface area contributed by atoms with Crippen molar-refractivity contribution < 1.29 is 14.7 Å². The van der Waals surface area contributed by atoms with Crippen LogP contribution in [-0.4, -0.2) is 84.4 Å². The van der Waals surface area contributed by atoms with Gasteiger partial charge in [0.25, 0.3) is 0 Å². The van der Waals surface area contributed by atoms with Gasteiger partial charge in [0, 0.05) is 62.4 Å². The summed E-state index contributed by atoms with van der Waals surface area (Å²) in [6.07, 6.45) is 24.0. The number of ketones is 1. The maximum atomic E-state index is 12.7. The van der Waals surface area contributed by atoms with Crippen LogP contribution in [0, 0.1) is 0 Å². The first-order valence-electron chi connectivity index (χ1n) is 21.1. The van der Waals surface area contributed by atoms with E-state index in [-0.39, 0.29) is 11.3 Å². The van der Waals surface area contributed by atoms with Crippen LogP contribution in [0.25, 0.3) is 22.6 Å². The number of Topliss-reactive ketones (excluding diaryl/α,β-unsaturated/α-hetero) is 1. The van der Waals surface area contributed by atoms with Crippen molar-refractivity contribution in [3.05, 3.63) is 166 Å². The minimum atomic E-state index is -0.967. The van der Waals surface area contributed by atoms with Crippen molar-refractivity contribution in [3.63, 3.8) is 0 Å². The Morgan fingerprint density at radius 2 is 1.09 bits per heavy atom. The van der Waals surface area contributed by atoms with Crippen LogP contribution in [0.2, 0.25) is 10.0 Å². The van der Waals surface area contributed by atoms with Crippen LogP contribution in [0.4, 0.5) is 0 Å². The molecule has 0 spiro atoms. The van der Waals surface area contributed by atoms with Crippen molar-refractivity contribution in [2.45, 2.75) is 70.0 Å². The predicted octanol–water partition coefficient (Wildman–Crippen LogP) is 6.96. The Kier molecular flexibility index (Phi) is 11.4. The molecule has 10 heterocycles. The number of aromatic carboxylic acids is 1. The Bertz CT molecular complexity index is 3350. The number of aromatic nitrogens is 14. The molecule has 2 aliphatic rings. The number of nitrogens with zero attached hydrogens (tertiary/aromatic N) is 14. The molecule has 0 aliphatic heterocycles. The van der Waals surface area contributed by atoms with Gasteiger partial charge < -0.3 is 19.6 Å². The average molecular weight is 911 g/mol. The Balaban J connectivity index is 0.000000129. The molecule has 65 heavy (non-hydrogen) atoms. The van der Waals surface area contributed by atoms with Crippen LogP contribution in [0.1, 0.15) is 98.8 Å². The van der Waals surface area contributed by atoms with E-state index >= 15 is 0 Å². The molecule has 10 aromatic rings. The highest BCUT2D eigenvalue weighted by atomic mass is 35.5. The van der Waals surface area contributed by atoms with Crippen molar-refractivity contribution in [1.29, 1.82) is 0 Å². The number of nitrogens with two attached hydrogens (primary N) is 1. The molecule has 0 aromatic carbocycles. The fourth-order valence-corrected chi connectivity index (χ4v) is 7.90. The summed E-state index contributed by atoms with van der Waals surface area (Å²) >= 11 is 11.9. The molecule has 20 heteroatoms. The van der Waals surface area contributed by atoms with Gasteiger partial charge in [-0.2, -0.15) is 10.2 Å². The minimum absolute atomic E-state index is 0.0131. The summed E-state index contributed by atoms with van der Waals surface area (Å²) in [5.74, 6) is 1.89. The van der Waals surface area contributed by atoms with Crippen molar-refractivity contribution in [3.8, 4) is 0 Å². The van der Waals surface area contributed by atoms with Gasteiger partial charge in [-0.1, -0.05) is 35.3 Å². The average Bonchev–Trinajstić information content (AvgIpc) is 3.90. The van der Waals surface area contributed by atoms with Crippen LogP contribution in [0.5, 0.6) is 0 Å². The molecule has 12 rings (SSSR count). The van der Waals surface area contributed by atoms with E-state index in [2.05, 4.69) is 75.6 Å². The Morgan fingerprint density at radius 1 is 0.600 bits per heavy atom. The normalized spacial score (nSPS) is 13.6. The fourth-order valence-electron chi connectivity index (χ4n) is 7.58. The zero-order valence-corrected chi connectivity index (χ0v) is 36.3. The molecule has 3 N–H and O–H groups in total. The number of halogens is 2. The standard InChI is InChI=1S/C23H20ClN7O.C15H14N4O2.C7H7ClN4/c24-18-4-7-22-27-28-23(31(22)12-18)8-5-20(32)17-9-25-30(11-17)14-19-13-29-10-16(15-1-2-15)3-6-21(29)26-19;20-15(21)12-5-16-19(7-12)9-13-8-18-6-11(10-1-2-10)3-4-14(18)17-13;8-5-1-2-6-10-11-7(3-9)12(6)4-5/h3-4,6-7,9-13,15H,1-2,5,8,14H2;3-8,10H,1-2,9H2,(H,20,21);1-2,4H,3,9H2. The second kappa shape index (κ2) is 17.7. The summed E-state index contributed by atoms with van der Waals surface area (Å²) in [4.78, 5) is 32.8. The lowest BCUT2D eigenvalue weighted by Crippen LogP contribution is -2.04. The Hall–Kier alpha value is -7.28. The van der Waals surface area contributed by atoms with E-state index in [1.807, 2.05) is 27.3 Å². The van der Waals surface area contributed by atoms with E-state index in [0.29, 0.717) is 77.2 Å². The number of pyridine rings is 4. The molecule has 0 unspecified atom stereocenters. The van der Waals surface area contributed by atoms with E-state index in [1.165, 1.54) is 49.2 Å². The number of imidazole rings is 2. The smallest absolute Gasteiger partial charge is 0.338 e. The van der Waals surface area contributed by atoms with Gasteiger partial charge in [-0.05, 0) is 85.0 Å². The van der Waals surface area contributed by atoms with Gasteiger partial charge in [0.15, 0.2) is 22.9 Å². The number of aryl methyl sites for hydroxylation is 1. The summed E-state index contributed by atoms with van der Waals surface area (Å²) < 4.78 is 11.0. The van der Waals surface area contributed by atoms with Crippen LogP contribution < -0.4 is 5.73 Å². The van der Waals surface area contributed by atoms with E-state index in [1.54, 1.807) is 62.8 Å². The molecule has 0 radical (unpaired) electrons. The number of carboxylic acid groups (broad SMARTS) is 1. The van der Waals surface area contributed by atoms with Crippen LogP contribution in [0.15, 0.2) is 110 Å². The molecular formula is C45H41Cl2N15O3. The number of fused-ring (bicyclic) bond motifs is 4. The van der Waals surface area contributed by atoms with Gasteiger partial charge in [-0.15, -0.1) is 20.4 Å². The van der Waals surface area contributed by atoms with E-state index in [9.17, 15) is 9.59 Å². The second-order valence-electron chi connectivity index (χ2n) is 16.1. The monoisotopic (exact) mass is 909 g/mol. The zero-order chi connectivity index (χ0) is 44.6. The van der Waals surface area contributed by atoms with Crippen molar-refractivity contribution in [2.75, 3.05) is 0 Å². The van der Waals surface area contributed by atoms with Gasteiger partial charge in [0.05, 0.1) is 64.6 Å². The summed E-state index contributed by atoms with van der Waals surface area (Å²) in [5, 5.41) is 34.6. The third-order valence-corrected chi connectivity index (χ3v) is 11.7. The largest absolute Gasteiger partial charge is 0.478 e. The first-order chi connectivity index (χ1) is 31.6. The third-order valence-electron chi connectivity index (χ3n) is 11.3. The summed E-state index contributed by atoms with van der Waals surface area (Å²) in [5.41, 5.74) is 14.0. The number of carbonyl (C=O) groups excluding carboxylic acids is 1. The molecule has 2 saturated carbocycles. The van der Waals surface area contributed by atoms with Crippen molar-refractivity contribution in [2.24, 2.45) is 5.73 Å². The Labute approximate surface area is 379 Å². The number of rotatable bonds is 12. The predicted molar refractivity (Wildman–Crippen MR) is 240 cm³/mol. The minimum Gasteiger partial charge on any atom is -0.478 e. The maximum Gasteiger partial charge on any atom is 0.338 e. The quantitative estimate of drug-likeness (QED) is 0.119. The van der Waals surface area contributed by atoms with Gasteiger partial charge in [0.2, 0.25) is 0 Å². The van der Waals surface area contributed by atoms with Crippen LogP contribution in [-0.2, 0) is 26.1 Å². The molecule has 0 bridgehead atoms. The third kappa shape index (κ3) is 9.50. The zero-order valence-electron chi connectivity index (χ0n) is 34.8. The number of hydrogen-bond donors (Lipinski definition) is 2. The highest BCUT2D eigenvalue weighted by molar-refractivity contribution is 6.30. The summed E-state index contributed by atoms with van der Waals surface area (Å²) in [7, 11) is 0. The molecule has 328 valence electrons. The molecule has 10 aromatic heterocycles. The van der Waals surface area contributed by atoms with Crippen LogP contribution in [0.3, 0.4) is 0 Å². The SMILES string of the molecule is NCc1nnc2ccc(Cl)cn12.O=C(CCc1nnc2ccc(Cl)cn12)c1cnn(Cc2cn3cc(C4CC4)ccc3n2)c1.O=C(O)c1cnn(Cc2cn3cc(C4CC4)ccc3n2)c1. The summed E-state index contributed by atoms with van der Waals surface area (Å²) in [6, 6.07) is 15.5. The lowest BCUT2D eigenvalue weighted by Gasteiger charge is -2.00. The lowest BCUT2D eigenvalue weighted by molar-refractivity contribution is 0.0696. The molecule has 0 atom stereocenters. The number of hydrogen-bond acceptors (Lipinski definition) is 11. The van der Waals surface area contributed by atoms with E-state index in [4.69, 9.17) is 34.0 Å². The van der Waals surface area contributed by atoms with Gasteiger partial charge in [0.1, 0.15) is 17.1 Å². The van der Waals surface area contributed by atoms with Crippen molar-refractivity contribution >= 4 is 57.5 Å². The van der Waals surface area contributed by atoms with Crippen LogP contribution >= 0.6 is 23.2 Å². The van der Waals surface area contributed by atoms with Crippen molar-refractivity contribution in [1.82, 2.24) is 67.5 Å². The number of carbonyl (C=O) groups is 2. The topological polar surface area (TPSA) is 211 Å². The molecular weight excluding hydrogens is 870 g/mol. The summed E-state index contributed by atoms with van der Waals surface area (Å²) in [6.45, 7) is 1.34. The van der Waals surface area contributed by atoms with Gasteiger partial charge >= 0.3 is 5.97 Å². The Morgan fingerprint density at radius 3 is 1.60 bits per heavy atom. The molecule has 0 saturated heterocycles. The van der Waals surface area contributed by atoms with Gasteiger partial charge in [-0.3, -0.25) is 23.0 Å². The highest BCUT2D eigenvalue weighted by Gasteiger charge is 2.25. The fraction of sp³-hybridized carbons (Fsp3) is 0.244. The molecule has 18 nitrogen and oxygen atoms in total. The molecule has 2 aliphatic carbocycles. The maximum absolute atomic E-state index is 12.7. The van der Waals surface area contributed by atoms with E-state index in [0.717, 1.165) is 28.3 Å². The van der Waals surface area contributed by atoms with Gasteiger partial charge in [-0.25, -0.2) is 14.8 Å². The van der Waals surface area contributed by atoms with E-state index < -0.39 is 5.97 Å².